The van der Waals surface area contributed by atoms with Crippen molar-refractivity contribution in [3.05, 3.63) is 59.7 Å². The predicted molar refractivity (Wildman–Crippen MR) is 109 cm³/mol. The average molecular weight is 438 g/mol. The summed E-state index contributed by atoms with van der Waals surface area (Å²) in [5.41, 5.74) is 1.26. The maximum atomic E-state index is 12.6. The van der Waals surface area contributed by atoms with Gasteiger partial charge in [-0.3, -0.25) is 9.69 Å². The van der Waals surface area contributed by atoms with Crippen LogP contribution < -0.4 is 10.1 Å². The zero-order valence-electron chi connectivity index (χ0n) is 16.6. The van der Waals surface area contributed by atoms with Crippen molar-refractivity contribution in [3.63, 3.8) is 0 Å². The number of benzene rings is 2. The van der Waals surface area contributed by atoms with Gasteiger partial charge >= 0.3 is 5.76 Å². The molecule has 2 aromatic carbocycles. The van der Waals surface area contributed by atoms with E-state index in [1.807, 2.05) is 24.3 Å². The van der Waals surface area contributed by atoms with Crippen LogP contribution in [0.25, 0.3) is 0 Å². The summed E-state index contributed by atoms with van der Waals surface area (Å²) in [6, 6.07) is 12.2. The van der Waals surface area contributed by atoms with E-state index in [4.69, 9.17) is 4.74 Å². The lowest BCUT2D eigenvalue weighted by atomic mass is 10.0. The molecule has 1 heterocycles. The fraction of sp³-hybridized carbons (Fsp3) is 0.381. The van der Waals surface area contributed by atoms with Crippen LogP contribution in [0.3, 0.4) is 0 Å². The molecule has 3 rings (SSSR count). The van der Waals surface area contributed by atoms with Gasteiger partial charge in [0, 0.05) is 12.1 Å². The summed E-state index contributed by atoms with van der Waals surface area (Å²) >= 11 is 0. The predicted octanol–water partition coefficient (Wildman–Crippen LogP) is 3.26. The molecule has 162 valence electrons. The number of alkyl halides is 2. The van der Waals surface area contributed by atoms with Crippen LogP contribution in [0.1, 0.15) is 34.8 Å². The van der Waals surface area contributed by atoms with Crippen LogP contribution >= 0.6 is 0 Å². The smallest absolute Gasteiger partial charge is 0.341 e. The van der Waals surface area contributed by atoms with Gasteiger partial charge in [-0.25, -0.2) is 8.42 Å². The van der Waals surface area contributed by atoms with Gasteiger partial charge in [-0.15, -0.1) is 0 Å². The number of methoxy groups -OCH3 is 1. The van der Waals surface area contributed by atoms with E-state index in [2.05, 4.69) is 10.2 Å². The first kappa shape index (κ1) is 22.2. The summed E-state index contributed by atoms with van der Waals surface area (Å²) in [6.07, 6.45) is 2.20. The molecule has 1 amide bonds. The fourth-order valence-corrected chi connectivity index (χ4v) is 4.25. The third kappa shape index (κ3) is 4.96. The average Bonchev–Trinajstić information content (AvgIpc) is 3.28. The van der Waals surface area contributed by atoms with Crippen LogP contribution in [0, 0.1) is 0 Å². The van der Waals surface area contributed by atoms with Gasteiger partial charge in [-0.1, -0.05) is 12.1 Å². The Morgan fingerprint density at radius 3 is 2.20 bits per heavy atom. The summed E-state index contributed by atoms with van der Waals surface area (Å²) in [4.78, 5) is 14.3. The molecule has 0 spiro atoms. The van der Waals surface area contributed by atoms with E-state index >= 15 is 0 Å². The maximum absolute atomic E-state index is 12.6. The number of rotatable bonds is 8. The summed E-state index contributed by atoms with van der Waals surface area (Å²) < 4.78 is 53.5. The minimum absolute atomic E-state index is 0.0131. The van der Waals surface area contributed by atoms with Crippen LogP contribution in [0.5, 0.6) is 5.75 Å². The monoisotopic (exact) mass is 438 g/mol. The molecular weight excluding hydrogens is 414 g/mol. The van der Waals surface area contributed by atoms with Crippen molar-refractivity contribution in [1.82, 2.24) is 10.2 Å². The molecule has 1 atom stereocenters. The lowest BCUT2D eigenvalue weighted by molar-refractivity contribution is 0.0938. The van der Waals surface area contributed by atoms with Crippen LogP contribution in [-0.4, -0.2) is 51.7 Å². The number of ether oxygens (including phenoxy) is 1. The molecule has 1 N–H and O–H groups in total. The molecule has 2 aromatic rings. The number of amides is 1. The van der Waals surface area contributed by atoms with Gasteiger partial charge in [0.25, 0.3) is 5.91 Å². The van der Waals surface area contributed by atoms with Crippen LogP contribution in [0.4, 0.5) is 8.78 Å². The van der Waals surface area contributed by atoms with Crippen molar-refractivity contribution in [2.45, 2.75) is 29.5 Å². The number of sulfone groups is 1. The van der Waals surface area contributed by atoms with Gasteiger partial charge in [0.1, 0.15) is 5.75 Å². The van der Waals surface area contributed by atoms with Gasteiger partial charge in [0.15, 0.2) is 0 Å². The lowest BCUT2D eigenvalue weighted by Gasteiger charge is -2.28. The Labute approximate surface area is 174 Å². The molecule has 1 saturated heterocycles. The highest BCUT2D eigenvalue weighted by atomic mass is 32.2. The third-order valence-corrected chi connectivity index (χ3v) is 6.62. The molecule has 1 fully saturated rings. The standard InChI is InChI=1S/C21H24F2N2O4S/c1-29-17-8-4-15(5-9-17)19(25-12-2-3-13-25)14-24-20(26)16-6-10-18(11-7-16)30(27,28)21(22)23/h4-11,19,21H,2-3,12-14H2,1H3,(H,24,26). The van der Waals surface area contributed by atoms with Gasteiger partial charge in [-0.2, -0.15) is 8.78 Å². The Bertz CT molecular complexity index is 958. The number of nitrogens with one attached hydrogen (secondary N) is 1. The first-order chi connectivity index (χ1) is 14.3. The number of nitrogens with zero attached hydrogens (tertiary/aromatic N) is 1. The highest BCUT2D eigenvalue weighted by molar-refractivity contribution is 7.91. The molecule has 1 aliphatic rings. The van der Waals surface area contributed by atoms with Crippen molar-refractivity contribution < 1.29 is 26.7 Å². The molecule has 0 bridgehead atoms. The first-order valence-electron chi connectivity index (χ1n) is 9.61. The summed E-state index contributed by atoms with van der Waals surface area (Å²) in [5.74, 6) is -3.14. The molecule has 30 heavy (non-hydrogen) atoms. The molecule has 0 aromatic heterocycles. The highest BCUT2D eigenvalue weighted by Gasteiger charge is 2.27. The van der Waals surface area contributed by atoms with Gasteiger partial charge in [0.2, 0.25) is 9.84 Å². The lowest BCUT2D eigenvalue weighted by Crippen LogP contribution is -2.36. The molecule has 1 aliphatic heterocycles. The van der Waals surface area contributed by atoms with Crippen molar-refractivity contribution in [1.29, 1.82) is 0 Å². The van der Waals surface area contributed by atoms with Crippen LogP contribution in [0.2, 0.25) is 0 Å². The number of halogens is 2. The van der Waals surface area contributed by atoms with Crippen molar-refractivity contribution in [2.24, 2.45) is 0 Å². The van der Waals surface area contributed by atoms with E-state index in [1.165, 1.54) is 12.1 Å². The Balaban J connectivity index is 1.71. The number of carbonyl (C=O) groups excluding carboxylic acids is 1. The Kier molecular flexibility index (Phi) is 7.04. The summed E-state index contributed by atoms with van der Waals surface area (Å²) in [7, 11) is -3.08. The summed E-state index contributed by atoms with van der Waals surface area (Å²) in [5, 5.41) is 2.87. The minimum atomic E-state index is -4.68. The fourth-order valence-electron chi connectivity index (χ4n) is 3.53. The van der Waals surface area contributed by atoms with E-state index in [0.717, 1.165) is 49.4 Å². The Morgan fingerprint density at radius 1 is 1.07 bits per heavy atom. The largest absolute Gasteiger partial charge is 0.497 e. The normalized spacial score (nSPS) is 15.9. The van der Waals surface area contributed by atoms with Crippen LogP contribution in [-0.2, 0) is 9.84 Å². The van der Waals surface area contributed by atoms with Crippen molar-refractivity contribution in [3.8, 4) is 5.75 Å². The van der Waals surface area contributed by atoms with E-state index in [1.54, 1.807) is 7.11 Å². The van der Waals surface area contributed by atoms with E-state index < -0.39 is 26.4 Å². The second-order valence-electron chi connectivity index (χ2n) is 7.07. The molecule has 0 aliphatic carbocycles. The molecule has 6 nitrogen and oxygen atoms in total. The first-order valence-corrected chi connectivity index (χ1v) is 11.2. The molecule has 1 unspecified atom stereocenters. The molecule has 9 heteroatoms. The molecule has 0 radical (unpaired) electrons. The zero-order chi connectivity index (χ0) is 21.7. The number of carbonyl (C=O) groups is 1. The zero-order valence-corrected chi connectivity index (χ0v) is 17.4. The van der Waals surface area contributed by atoms with Crippen molar-refractivity contribution >= 4 is 15.7 Å². The Morgan fingerprint density at radius 2 is 1.67 bits per heavy atom. The minimum Gasteiger partial charge on any atom is -0.497 e. The quantitative estimate of drug-likeness (QED) is 0.685. The highest BCUT2D eigenvalue weighted by Crippen LogP contribution is 2.26. The number of hydrogen-bond donors (Lipinski definition) is 1. The maximum Gasteiger partial charge on any atom is 0.341 e. The number of likely N-dealkylation sites (tertiary alicyclic amines) is 1. The van der Waals surface area contributed by atoms with E-state index in [0.29, 0.717) is 6.54 Å². The van der Waals surface area contributed by atoms with Gasteiger partial charge < -0.3 is 10.1 Å². The molecule has 0 saturated carbocycles. The SMILES string of the molecule is COc1ccc(C(CNC(=O)c2ccc(S(=O)(=O)C(F)F)cc2)N2CCCC2)cc1. The van der Waals surface area contributed by atoms with E-state index in [9.17, 15) is 22.0 Å². The van der Waals surface area contributed by atoms with Crippen molar-refractivity contribution in [2.75, 3.05) is 26.7 Å². The Hall–Kier alpha value is -2.52. The third-order valence-electron chi connectivity index (χ3n) is 5.22. The summed E-state index contributed by atoms with van der Waals surface area (Å²) in [6.45, 7) is 2.24. The second-order valence-corrected chi connectivity index (χ2v) is 8.99. The van der Waals surface area contributed by atoms with Gasteiger partial charge in [0.05, 0.1) is 18.0 Å². The topological polar surface area (TPSA) is 75.7 Å². The second kappa shape index (κ2) is 9.53. The van der Waals surface area contributed by atoms with Crippen LogP contribution in [0.15, 0.2) is 53.4 Å². The number of hydrogen-bond acceptors (Lipinski definition) is 5. The van der Waals surface area contributed by atoms with Gasteiger partial charge in [-0.05, 0) is 67.9 Å². The molecular formula is C21H24F2N2O4S. The van der Waals surface area contributed by atoms with E-state index in [-0.39, 0.29) is 11.6 Å².